The second-order valence-electron chi connectivity index (χ2n) is 4.59. The number of carbonyl (C=O) groups excluding carboxylic acids is 2. The number of nitrogens with one attached hydrogen (secondary N) is 1. The minimum absolute atomic E-state index is 0.0236. The minimum atomic E-state index is -0.545. The van der Waals surface area contributed by atoms with Gasteiger partial charge in [0.15, 0.2) is 0 Å². The van der Waals surface area contributed by atoms with Crippen molar-refractivity contribution in [2.75, 3.05) is 20.2 Å². The molecule has 0 heterocycles. The Morgan fingerprint density at radius 3 is 2.41 bits per heavy atom. The summed E-state index contributed by atoms with van der Waals surface area (Å²) in [5, 5.41) is 3.85. The standard InChI is InChI=1S/C12H25N5O3.C2H6/c1-9(18)11(14)5-3-4-6-16-12(19)20-8-10(13)7-17(2)15;1-2/h7,11H,3-6,8,13-15H2,1-2H3,(H,16,19);1-2H3/b10-7-;. The average Bonchev–Trinajstić information content (AvgIpc) is 2.45. The van der Waals surface area contributed by atoms with Gasteiger partial charge in [-0.2, -0.15) is 0 Å². The second-order valence-corrected chi connectivity index (χ2v) is 4.59. The van der Waals surface area contributed by atoms with Crippen LogP contribution in [-0.2, 0) is 9.53 Å². The average molecular weight is 317 g/mol. The number of hydrogen-bond donors (Lipinski definition) is 4. The van der Waals surface area contributed by atoms with Gasteiger partial charge in [-0.1, -0.05) is 13.8 Å². The number of hydrazine groups is 1. The Balaban J connectivity index is 0. The van der Waals surface area contributed by atoms with Crippen molar-refractivity contribution in [1.29, 1.82) is 0 Å². The highest BCUT2D eigenvalue weighted by Crippen LogP contribution is 1.99. The summed E-state index contributed by atoms with van der Waals surface area (Å²) in [5.41, 5.74) is 11.5. The van der Waals surface area contributed by atoms with Crippen LogP contribution in [0.2, 0.25) is 0 Å². The molecule has 22 heavy (non-hydrogen) atoms. The van der Waals surface area contributed by atoms with E-state index < -0.39 is 12.1 Å². The molecule has 1 unspecified atom stereocenters. The van der Waals surface area contributed by atoms with E-state index in [1.54, 1.807) is 7.05 Å². The van der Waals surface area contributed by atoms with E-state index in [2.05, 4.69) is 5.32 Å². The number of ether oxygens (including phenoxy) is 1. The Hall–Kier alpha value is -1.80. The van der Waals surface area contributed by atoms with Crippen LogP contribution in [0.25, 0.3) is 0 Å². The fourth-order valence-electron chi connectivity index (χ4n) is 1.38. The fourth-order valence-corrected chi connectivity index (χ4v) is 1.38. The summed E-state index contributed by atoms with van der Waals surface area (Å²) in [5.74, 6) is 5.32. The van der Waals surface area contributed by atoms with Gasteiger partial charge in [-0.3, -0.25) is 4.79 Å². The van der Waals surface area contributed by atoms with Crippen LogP contribution in [0.15, 0.2) is 11.9 Å². The van der Waals surface area contributed by atoms with E-state index in [4.69, 9.17) is 22.0 Å². The van der Waals surface area contributed by atoms with E-state index in [0.29, 0.717) is 18.7 Å². The highest BCUT2D eigenvalue weighted by atomic mass is 16.5. The van der Waals surface area contributed by atoms with E-state index in [-0.39, 0.29) is 12.4 Å². The number of nitrogens with zero attached hydrogens (tertiary/aromatic N) is 1. The molecule has 0 bridgehead atoms. The number of amides is 1. The summed E-state index contributed by atoms with van der Waals surface area (Å²) in [6.45, 7) is 5.91. The highest BCUT2D eigenvalue weighted by molar-refractivity contribution is 5.81. The van der Waals surface area contributed by atoms with Crippen molar-refractivity contribution in [2.45, 2.75) is 46.1 Å². The van der Waals surface area contributed by atoms with Crippen LogP contribution >= 0.6 is 0 Å². The molecule has 130 valence electrons. The molecular weight excluding hydrogens is 286 g/mol. The number of nitrogens with two attached hydrogens (primary N) is 3. The molecular formula is C14H31N5O3. The number of ketones is 1. The number of rotatable bonds is 9. The van der Waals surface area contributed by atoms with E-state index in [1.807, 2.05) is 13.8 Å². The molecule has 0 aromatic heterocycles. The number of unbranched alkanes of at least 4 members (excludes halogenated alkanes) is 1. The number of hydrogen-bond acceptors (Lipinski definition) is 7. The second kappa shape index (κ2) is 14.2. The molecule has 0 aromatic carbocycles. The Morgan fingerprint density at radius 1 is 1.32 bits per heavy atom. The zero-order chi connectivity index (χ0) is 17.5. The molecule has 0 saturated carbocycles. The van der Waals surface area contributed by atoms with Crippen LogP contribution in [0, 0.1) is 0 Å². The summed E-state index contributed by atoms with van der Waals surface area (Å²) < 4.78 is 4.87. The van der Waals surface area contributed by atoms with Crippen LogP contribution < -0.4 is 22.6 Å². The quantitative estimate of drug-likeness (QED) is 0.275. The molecule has 8 heteroatoms. The maximum absolute atomic E-state index is 11.3. The lowest BCUT2D eigenvalue weighted by molar-refractivity contribution is -0.118. The Morgan fingerprint density at radius 2 is 1.91 bits per heavy atom. The van der Waals surface area contributed by atoms with Crippen LogP contribution in [0.1, 0.15) is 40.0 Å². The molecule has 0 aliphatic heterocycles. The normalized spacial score (nSPS) is 11.8. The molecule has 7 N–H and O–H groups in total. The van der Waals surface area contributed by atoms with Crippen LogP contribution in [0.5, 0.6) is 0 Å². The lowest BCUT2D eigenvalue weighted by Gasteiger charge is -2.10. The molecule has 0 aromatic rings. The molecule has 0 aliphatic carbocycles. The van der Waals surface area contributed by atoms with Crippen molar-refractivity contribution in [3.63, 3.8) is 0 Å². The number of carbonyl (C=O) groups is 2. The predicted molar refractivity (Wildman–Crippen MR) is 87.4 cm³/mol. The molecule has 8 nitrogen and oxygen atoms in total. The maximum Gasteiger partial charge on any atom is 0.407 e. The SMILES string of the molecule is CC.CC(=O)C(N)CCCCNC(=O)OC/C(N)=C/N(C)N. The predicted octanol–water partition coefficient (Wildman–Crippen LogP) is 0.431. The first kappa shape index (κ1) is 22.5. The summed E-state index contributed by atoms with van der Waals surface area (Å²) in [6.07, 6.45) is 3.02. The zero-order valence-electron chi connectivity index (χ0n) is 14.1. The molecule has 0 spiro atoms. The summed E-state index contributed by atoms with van der Waals surface area (Å²) >= 11 is 0. The van der Waals surface area contributed by atoms with Gasteiger partial charge in [-0.05, 0) is 26.2 Å². The third-order valence-electron chi connectivity index (χ3n) is 2.47. The monoisotopic (exact) mass is 317 g/mol. The van der Waals surface area contributed by atoms with E-state index in [0.717, 1.165) is 12.8 Å². The minimum Gasteiger partial charge on any atom is -0.443 e. The topological polar surface area (TPSA) is 137 Å². The lowest BCUT2D eigenvalue weighted by Crippen LogP contribution is -2.29. The molecule has 0 rings (SSSR count). The van der Waals surface area contributed by atoms with Crippen LogP contribution in [-0.4, -0.2) is 43.1 Å². The number of Topliss-reactive ketones (excluding diaryl/α,β-unsaturated/α-hetero) is 1. The Bertz CT molecular complexity index is 345. The van der Waals surface area contributed by atoms with Crippen molar-refractivity contribution in [1.82, 2.24) is 10.3 Å². The van der Waals surface area contributed by atoms with Gasteiger partial charge in [0.1, 0.15) is 12.4 Å². The van der Waals surface area contributed by atoms with Crippen LogP contribution in [0.4, 0.5) is 4.79 Å². The third kappa shape index (κ3) is 14.6. The van der Waals surface area contributed by atoms with Gasteiger partial charge in [-0.25, -0.2) is 10.6 Å². The molecule has 1 amide bonds. The van der Waals surface area contributed by atoms with Crippen molar-refractivity contribution < 1.29 is 14.3 Å². The van der Waals surface area contributed by atoms with Gasteiger partial charge >= 0.3 is 6.09 Å². The molecule has 0 aliphatic rings. The van der Waals surface area contributed by atoms with E-state index >= 15 is 0 Å². The third-order valence-corrected chi connectivity index (χ3v) is 2.47. The van der Waals surface area contributed by atoms with Gasteiger partial charge in [0, 0.05) is 19.8 Å². The summed E-state index contributed by atoms with van der Waals surface area (Å²) in [6, 6.07) is -0.417. The van der Waals surface area contributed by atoms with Gasteiger partial charge in [0.25, 0.3) is 0 Å². The summed E-state index contributed by atoms with van der Waals surface area (Å²) in [4.78, 5) is 22.2. The number of alkyl carbamates (subject to hydrolysis) is 1. The lowest BCUT2D eigenvalue weighted by atomic mass is 10.1. The Labute approximate surface area is 133 Å². The van der Waals surface area contributed by atoms with E-state index in [9.17, 15) is 9.59 Å². The fraction of sp³-hybridized carbons (Fsp3) is 0.714. The van der Waals surface area contributed by atoms with Gasteiger partial charge < -0.3 is 26.5 Å². The maximum atomic E-state index is 11.3. The molecule has 0 saturated heterocycles. The van der Waals surface area contributed by atoms with Crippen LogP contribution in [0.3, 0.4) is 0 Å². The van der Waals surface area contributed by atoms with Gasteiger partial charge in [0.05, 0.1) is 11.7 Å². The molecule has 0 fully saturated rings. The van der Waals surface area contributed by atoms with Gasteiger partial charge in [0.2, 0.25) is 0 Å². The molecule has 1 atom stereocenters. The highest BCUT2D eigenvalue weighted by Gasteiger charge is 2.07. The van der Waals surface area contributed by atoms with Gasteiger partial charge in [-0.15, -0.1) is 0 Å². The smallest absolute Gasteiger partial charge is 0.407 e. The van der Waals surface area contributed by atoms with Crippen molar-refractivity contribution in [2.24, 2.45) is 17.3 Å². The van der Waals surface area contributed by atoms with Crippen molar-refractivity contribution >= 4 is 11.9 Å². The van der Waals surface area contributed by atoms with E-state index in [1.165, 1.54) is 18.1 Å². The Kier molecular flexibility index (Phi) is 14.5. The first-order valence-electron chi connectivity index (χ1n) is 7.43. The zero-order valence-corrected chi connectivity index (χ0v) is 14.1. The largest absolute Gasteiger partial charge is 0.443 e. The van der Waals surface area contributed by atoms with Crippen molar-refractivity contribution in [3.8, 4) is 0 Å². The first-order valence-corrected chi connectivity index (χ1v) is 7.43. The summed E-state index contributed by atoms with van der Waals surface area (Å²) in [7, 11) is 1.61. The molecule has 0 radical (unpaired) electrons. The van der Waals surface area contributed by atoms with Crippen molar-refractivity contribution in [3.05, 3.63) is 11.9 Å². The first-order chi connectivity index (χ1) is 10.3.